The number of esters is 1. The second-order valence-corrected chi connectivity index (χ2v) is 4.48. The molecule has 1 heterocycles. The lowest BCUT2D eigenvalue weighted by atomic mass is 10.1. The molecule has 1 saturated heterocycles. The first kappa shape index (κ1) is 14.0. The first-order valence-corrected chi connectivity index (χ1v) is 6.79. The Morgan fingerprint density at radius 2 is 1.95 bits per heavy atom. The predicted molar refractivity (Wildman–Crippen MR) is 71.0 cm³/mol. The van der Waals surface area contributed by atoms with Crippen LogP contribution in [-0.4, -0.2) is 32.1 Å². The van der Waals surface area contributed by atoms with Gasteiger partial charge in [-0.25, -0.2) is 4.79 Å². The molecule has 1 aliphatic rings. The molecular weight excluding hydrogens is 244 g/mol. The Hall–Kier alpha value is -1.39. The Labute approximate surface area is 113 Å². The van der Waals surface area contributed by atoms with Gasteiger partial charge in [0.1, 0.15) is 0 Å². The maximum absolute atomic E-state index is 11.5. The maximum atomic E-state index is 11.5. The Morgan fingerprint density at radius 3 is 2.58 bits per heavy atom. The SMILES string of the molecule is CCOC(=O)c1ccc(CCC2OCCCO2)cc1. The van der Waals surface area contributed by atoms with Gasteiger partial charge in [0.2, 0.25) is 0 Å². The van der Waals surface area contributed by atoms with Crippen LogP contribution < -0.4 is 0 Å². The zero-order valence-corrected chi connectivity index (χ0v) is 11.3. The van der Waals surface area contributed by atoms with E-state index in [4.69, 9.17) is 14.2 Å². The van der Waals surface area contributed by atoms with Crippen molar-refractivity contribution < 1.29 is 19.0 Å². The molecule has 1 aromatic rings. The van der Waals surface area contributed by atoms with Gasteiger partial charge in [-0.05, 0) is 37.5 Å². The summed E-state index contributed by atoms with van der Waals surface area (Å²) in [6.07, 6.45) is 2.62. The third-order valence-electron chi connectivity index (χ3n) is 3.03. The number of carbonyl (C=O) groups is 1. The molecule has 0 amide bonds. The largest absolute Gasteiger partial charge is 0.462 e. The van der Waals surface area contributed by atoms with Gasteiger partial charge in [-0.15, -0.1) is 0 Å². The fourth-order valence-corrected chi connectivity index (χ4v) is 2.01. The van der Waals surface area contributed by atoms with Gasteiger partial charge in [0.05, 0.1) is 25.4 Å². The number of aryl methyl sites for hydroxylation is 1. The summed E-state index contributed by atoms with van der Waals surface area (Å²) in [4.78, 5) is 11.5. The molecule has 4 nitrogen and oxygen atoms in total. The van der Waals surface area contributed by atoms with Crippen LogP contribution in [0.25, 0.3) is 0 Å². The molecule has 0 radical (unpaired) electrons. The minimum absolute atomic E-state index is 0.0847. The van der Waals surface area contributed by atoms with Crippen molar-refractivity contribution in [3.05, 3.63) is 35.4 Å². The average Bonchev–Trinajstić information content (AvgIpc) is 2.47. The van der Waals surface area contributed by atoms with Crippen LogP contribution in [0.2, 0.25) is 0 Å². The van der Waals surface area contributed by atoms with Gasteiger partial charge in [-0.3, -0.25) is 0 Å². The highest BCUT2D eigenvalue weighted by Gasteiger charge is 2.14. The highest BCUT2D eigenvalue weighted by molar-refractivity contribution is 5.89. The van der Waals surface area contributed by atoms with Gasteiger partial charge in [0.25, 0.3) is 0 Å². The van der Waals surface area contributed by atoms with Crippen molar-refractivity contribution in [3.8, 4) is 0 Å². The van der Waals surface area contributed by atoms with Crippen molar-refractivity contribution in [1.82, 2.24) is 0 Å². The summed E-state index contributed by atoms with van der Waals surface area (Å²) < 4.78 is 15.9. The molecule has 19 heavy (non-hydrogen) atoms. The smallest absolute Gasteiger partial charge is 0.338 e. The normalized spacial score (nSPS) is 16.3. The van der Waals surface area contributed by atoms with E-state index >= 15 is 0 Å². The molecule has 0 aliphatic carbocycles. The van der Waals surface area contributed by atoms with E-state index in [9.17, 15) is 4.79 Å². The first-order chi connectivity index (χ1) is 9.29. The Balaban J connectivity index is 1.82. The van der Waals surface area contributed by atoms with E-state index in [1.165, 1.54) is 5.56 Å². The molecule has 104 valence electrons. The summed E-state index contributed by atoms with van der Waals surface area (Å²) in [6.45, 7) is 3.77. The van der Waals surface area contributed by atoms with Crippen LogP contribution in [-0.2, 0) is 20.6 Å². The first-order valence-electron chi connectivity index (χ1n) is 6.79. The van der Waals surface area contributed by atoms with E-state index in [2.05, 4.69) is 0 Å². The number of benzene rings is 1. The van der Waals surface area contributed by atoms with Crippen molar-refractivity contribution >= 4 is 5.97 Å². The van der Waals surface area contributed by atoms with Crippen molar-refractivity contribution in [3.63, 3.8) is 0 Å². The summed E-state index contributed by atoms with van der Waals surface area (Å²) in [5.74, 6) is -0.270. The molecule has 1 fully saturated rings. The van der Waals surface area contributed by atoms with E-state index in [-0.39, 0.29) is 12.3 Å². The lowest BCUT2D eigenvalue weighted by Crippen LogP contribution is -2.25. The van der Waals surface area contributed by atoms with Crippen LogP contribution in [0.1, 0.15) is 35.7 Å². The third-order valence-corrected chi connectivity index (χ3v) is 3.03. The van der Waals surface area contributed by atoms with E-state index < -0.39 is 0 Å². The Bertz CT molecular complexity index is 393. The Kier molecular flexibility index (Phi) is 5.36. The van der Waals surface area contributed by atoms with Gasteiger partial charge in [-0.1, -0.05) is 12.1 Å². The van der Waals surface area contributed by atoms with Gasteiger partial charge in [0, 0.05) is 6.42 Å². The van der Waals surface area contributed by atoms with E-state index in [1.807, 2.05) is 12.1 Å². The van der Waals surface area contributed by atoms with Crippen LogP contribution in [0, 0.1) is 0 Å². The van der Waals surface area contributed by atoms with Gasteiger partial charge in [0.15, 0.2) is 6.29 Å². The second-order valence-electron chi connectivity index (χ2n) is 4.48. The third kappa shape index (κ3) is 4.33. The average molecular weight is 264 g/mol. The lowest BCUT2D eigenvalue weighted by Gasteiger charge is -2.23. The van der Waals surface area contributed by atoms with Crippen molar-refractivity contribution in [2.75, 3.05) is 19.8 Å². The van der Waals surface area contributed by atoms with Gasteiger partial charge in [-0.2, -0.15) is 0 Å². The van der Waals surface area contributed by atoms with Crippen molar-refractivity contribution in [2.24, 2.45) is 0 Å². The highest BCUT2D eigenvalue weighted by Crippen LogP contribution is 2.13. The molecule has 1 aliphatic heterocycles. The maximum Gasteiger partial charge on any atom is 0.338 e. The number of hydrogen-bond donors (Lipinski definition) is 0. The number of ether oxygens (including phenoxy) is 3. The predicted octanol–water partition coefficient (Wildman–Crippen LogP) is 2.56. The highest BCUT2D eigenvalue weighted by atomic mass is 16.7. The fraction of sp³-hybridized carbons (Fsp3) is 0.533. The minimum atomic E-state index is -0.270. The standard InChI is InChI=1S/C15H20O4/c1-2-17-15(16)13-7-4-12(5-8-13)6-9-14-18-10-3-11-19-14/h4-5,7-8,14H,2-3,6,9-11H2,1H3. The molecule has 2 rings (SSSR count). The number of carbonyl (C=O) groups excluding carboxylic acids is 1. The van der Waals surface area contributed by atoms with E-state index in [0.29, 0.717) is 12.2 Å². The molecule has 4 heteroatoms. The fourth-order valence-electron chi connectivity index (χ4n) is 2.01. The lowest BCUT2D eigenvalue weighted by molar-refractivity contribution is -0.180. The Morgan fingerprint density at radius 1 is 1.26 bits per heavy atom. The summed E-state index contributed by atoms with van der Waals surface area (Å²) in [6, 6.07) is 7.51. The molecule has 0 atom stereocenters. The molecule has 0 N–H and O–H groups in total. The van der Waals surface area contributed by atoms with Gasteiger partial charge < -0.3 is 14.2 Å². The van der Waals surface area contributed by atoms with Crippen molar-refractivity contribution in [1.29, 1.82) is 0 Å². The molecule has 0 spiro atoms. The quantitative estimate of drug-likeness (QED) is 0.767. The molecule has 0 saturated carbocycles. The second kappa shape index (κ2) is 7.26. The van der Waals surface area contributed by atoms with Gasteiger partial charge >= 0.3 is 5.97 Å². The zero-order chi connectivity index (χ0) is 13.5. The van der Waals surface area contributed by atoms with Crippen LogP contribution in [0.4, 0.5) is 0 Å². The van der Waals surface area contributed by atoms with Crippen molar-refractivity contribution in [2.45, 2.75) is 32.5 Å². The summed E-state index contributed by atoms with van der Waals surface area (Å²) >= 11 is 0. The van der Waals surface area contributed by atoms with E-state index in [0.717, 1.165) is 32.5 Å². The van der Waals surface area contributed by atoms with E-state index in [1.54, 1.807) is 19.1 Å². The molecule has 1 aromatic carbocycles. The summed E-state index contributed by atoms with van der Waals surface area (Å²) in [7, 11) is 0. The summed E-state index contributed by atoms with van der Waals surface area (Å²) in [5, 5.41) is 0. The monoisotopic (exact) mass is 264 g/mol. The summed E-state index contributed by atoms with van der Waals surface area (Å²) in [5.41, 5.74) is 1.77. The van der Waals surface area contributed by atoms with Crippen LogP contribution >= 0.6 is 0 Å². The number of hydrogen-bond acceptors (Lipinski definition) is 4. The van der Waals surface area contributed by atoms with Crippen LogP contribution in [0.3, 0.4) is 0 Å². The van der Waals surface area contributed by atoms with Crippen LogP contribution in [0.5, 0.6) is 0 Å². The minimum Gasteiger partial charge on any atom is -0.462 e. The zero-order valence-electron chi connectivity index (χ0n) is 11.3. The van der Waals surface area contributed by atoms with Crippen LogP contribution in [0.15, 0.2) is 24.3 Å². The molecule has 0 bridgehead atoms. The molecular formula is C15H20O4. The molecule has 0 aromatic heterocycles. The number of rotatable bonds is 5. The molecule has 0 unspecified atom stereocenters. The topological polar surface area (TPSA) is 44.8 Å².